The van der Waals surface area contributed by atoms with E-state index >= 15 is 0 Å². The number of aryl methyl sites for hydroxylation is 2. The Balaban J connectivity index is 2.88. The van der Waals surface area contributed by atoms with Crippen molar-refractivity contribution < 1.29 is 13.6 Å². The van der Waals surface area contributed by atoms with Gasteiger partial charge in [0.1, 0.15) is 11.7 Å². The van der Waals surface area contributed by atoms with E-state index in [9.17, 15) is 8.42 Å². The molecule has 0 aliphatic heterocycles. The molecule has 0 aromatic carbocycles. The minimum Gasteiger partial charge on any atom is -0.409 e. The number of nitrogens with zero attached hydrogens (tertiary/aromatic N) is 3. The Morgan fingerprint density at radius 2 is 2.21 bits per heavy atom. The Hall–Kier alpha value is -1.61. The van der Waals surface area contributed by atoms with Crippen molar-refractivity contribution in [2.24, 2.45) is 23.4 Å². The maximum Gasteiger partial charge on any atom is 0.259 e. The second-order valence-electron chi connectivity index (χ2n) is 4.93. The molecule has 8 nitrogen and oxygen atoms in total. The summed E-state index contributed by atoms with van der Waals surface area (Å²) in [5.74, 6) is 0.545. The Bertz CT molecular complexity index is 569. The van der Waals surface area contributed by atoms with Gasteiger partial charge >= 0.3 is 0 Å². The highest BCUT2D eigenvalue weighted by molar-refractivity contribution is 7.89. The summed E-state index contributed by atoms with van der Waals surface area (Å²) in [7, 11) is -2.00. The van der Waals surface area contributed by atoms with Crippen molar-refractivity contribution >= 4 is 15.9 Å². The standard InChI is InChI=1S/C10H19N5O3S/c1-7-13-8(5-15(7)4)19(17,18)12-6-10(2,3)9(11)14-16/h5,12,16H,6H2,1-4H3,(H2,11,14). The van der Waals surface area contributed by atoms with Crippen LogP contribution in [0.4, 0.5) is 0 Å². The fourth-order valence-electron chi connectivity index (χ4n) is 1.23. The lowest BCUT2D eigenvalue weighted by atomic mass is 9.93. The van der Waals surface area contributed by atoms with E-state index in [1.807, 2.05) is 0 Å². The molecule has 19 heavy (non-hydrogen) atoms. The van der Waals surface area contributed by atoms with E-state index in [1.54, 1.807) is 32.4 Å². The minimum absolute atomic E-state index is 0.000842. The highest BCUT2D eigenvalue weighted by Gasteiger charge is 2.27. The van der Waals surface area contributed by atoms with Crippen LogP contribution in [0.2, 0.25) is 0 Å². The summed E-state index contributed by atoms with van der Waals surface area (Å²) in [5.41, 5.74) is 4.69. The summed E-state index contributed by atoms with van der Waals surface area (Å²) in [6.07, 6.45) is 1.42. The molecule has 1 heterocycles. The number of nitrogens with two attached hydrogens (primary N) is 1. The van der Waals surface area contributed by atoms with Gasteiger partial charge in [-0.2, -0.15) is 0 Å². The molecule has 0 bridgehead atoms. The molecule has 0 saturated heterocycles. The molecule has 0 amide bonds. The summed E-state index contributed by atoms with van der Waals surface area (Å²) in [4.78, 5) is 3.95. The van der Waals surface area contributed by atoms with E-state index in [1.165, 1.54) is 6.20 Å². The summed E-state index contributed by atoms with van der Waals surface area (Å²) in [6.45, 7) is 5.03. The molecule has 0 spiro atoms. The highest BCUT2D eigenvalue weighted by atomic mass is 32.2. The van der Waals surface area contributed by atoms with Crippen LogP contribution in [0.15, 0.2) is 16.4 Å². The average Bonchev–Trinajstić information content (AvgIpc) is 2.67. The fraction of sp³-hybridized carbons (Fsp3) is 0.600. The third-order valence-electron chi connectivity index (χ3n) is 2.87. The van der Waals surface area contributed by atoms with Gasteiger partial charge in [-0.3, -0.25) is 0 Å². The van der Waals surface area contributed by atoms with Gasteiger partial charge in [0.15, 0.2) is 5.03 Å². The lowest BCUT2D eigenvalue weighted by Gasteiger charge is -2.22. The van der Waals surface area contributed by atoms with Crippen LogP contribution in [0.3, 0.4) is 0 Å². The molecule has 1 aromatic heterocycles. The van der Waals surface area contributed by atoms with Gasteiger partial charge in [-0.05, 0) is 6.92 Å². The van der Waals surface area contributed by atoms with Crippen LogP contribution < -0.4 is 10.5 Å². The Morgan fingerprint density at radius 1 is 1.63 bits per heavy atom. The topological polar surface area (TPSA) is 123 Å². The van der Waals surface area contributed by atoms with Crippen LogP contribution in [0.25, 0.3) is 0 Å². The number of oxime groups is 1. The molecular formula is C10H19N5O3S. The monoisotopic (exact) mass is 289 g/mol. The maximum absolute atomic E-state index is 12.0. The van der Waals surface area contributed by atoms with Gasteiger partial charge in [-0.15, -0.1) is 0 Å². The van der Waals surface area contributed by atoms with Gasteiger partial charge in [-0.25, -0.2) is 18.1 Å². The number of nitrogens with one attached hydrogen (secondary N) is 1. The molecule has 0 radical (unpaired) electrons. The number of sulfonamides is 1. The predicted octanol–water partition coefficient (Wildman–Crippen LogP) is -0.221. The first kappa shape index (κ1) is 15.4. The molecule has 1 rings (SSSR count). The molecule has 0 saturated carbocycles. The summed E-state index contributed by atoms with van der Waals surface area (Å²) >= 11 is 0. The second-order valence-corrected chi connectivity index (χ2v) is 6.64. The van der Waals surface area contributed by atoms with Gasteiger partial charge in [0.05, 0.1) is 0 Å². The maximum atomic E-state index is 12.0. The lowest BCUT2D eigenvalue weighted by molar-refractivity contribution is 0.307. The minimum atomic E-state index is -3.71. The predicted molar refractivity (Wildman–Crippen MR) is 70.3 cm³/mol. The summed E-state index contributed by atoms with van der Waals surface area (Å²) in [5, 5.41) is 11.5. The van der Waals surface area contributed by atoms with Crippen LogP contribution in [-0.2, 0) is 17.1 Å². The van der Waals surface area contributed by atoms with Gasteiger partial charge in [0, 0.05) is 25.2 Å². The highest BCUT2D eigenvalue weighted by Crippen LogP contribution is 2.15. The molecule has 4 N–H and O–H groups in total. The quantitative estimate of drug-likeness (QED) is 0.299. The first-order valence-corrected chi connectivity index (χ1v) is 7.06. The zero-order valence-corrected chi connectivity index (χ0v) is 12.2. The van der Waals surface area contributed by atoms with Crippen molar-refractivity contribution in [1.29, 1.82) is 0 Å². The number of amidine groups is 1. The largest absolute Gasteiger partial charge is 0.409 e. The molecule has 108 valence electrons. The number of rotatable bonds is 5. The van der Waals surface area contributed by atoms with Crippen LogP contribution in [-0.4, -0.2) is 35.6 Å². The van der Waals surface area contributed by atoms with E-state index in [0.29, 0.717) is 5.82 Å². The van der Waals surface area contributed by atoms with Crippen LogP contribution in [0, 0.1) is 12.3 Å². The van der Waals surface area contributed by atoms with Crippen molar-refractivity contribution in [3.63, 3.8) is 0 Å². The smallest absolute Gasteiger partial charge is 0.259 e. The molecule has 0 unspecified atom stereocenters. The van der Waals surface area contributed by atoms with E-state index in [-0.39, 0.29) is 17.4 Å². The third kappa shape index (κ3) is 3.44. The van der Waals surface area contributed by atoms with Crippen LogP contribution in [0.1, 0.15) is 19.7 Å². The fourth-order valence-corrected chi connectivity index (χ4v) is 2.48. The van der Waals surface area contributed by atoms with Gasteiger partial charge in [0.2, 0.25) is 0 Å². The molecule has 9 heteroatoms. The number of aromatic nitrogens is 2. The van der Waals surface area contributed by atoms with E-state index in [4.69, 9.17) is 10.9 Å². The van der Waals surface area contributed by atoms with E-state index in [2.05, 4.69) is 14.9 Å². The first-order chi connectivity index (χ1) is 8.60. The van der Waals surface area contributed by atoms with Crippen molar-refractivity contribution in [1.82, 2.24) is 14.3 Å². The van der Waals surface area contributed by atoms with Crippen molar-refractivity contribution in [3.8, 4) is 0 Å². The first-order valence-electron chi connectivity index (χ1n) is 5.58. The van der Waals surface area contributed by atoms with Crippen molar-refractivity contribution in [2.45, 2.75) is 25.8 Å². The van der Waals surface area contributed by atoms with Crippen molar-refractivity contribution in [2.75, 3.05) is 6.54 Å². The van der Waals surface area contributed by atoms with Crippen LogP contribution in [0.5, 0.6) is 0 Å². The lowest BCUT2D eigenvalue weighted by Crippen LogP contribution is -2.42. The molecule has 0 aliphatic carbocycles. The summed E-state index contributed by atoms with van der Waals surface area (Å²) < 4.78 is 28.1. The summed E-state index contributed by atoms with van der Waals surface area (Å²) in [6, 6.07) is 0. The second kappa shape index (κ2) is 5.17. The zero-order chi connectivity index (χ0) is 14.8. The van der Waals surface area contributed by atoms with Gasteiger partial charge < -0.3 is 15.5 Å². The SMILES string of the molecule is Cc1nc(S(=O)(=O)NCC(C)(C)C(N)=NO)cn1C. The van der Waals surface area contributed by atoms with Gasteiger partial charge in [0.25, 0.3) is 10.0 Å². The van der Waals surface area contributed by atoms with E-state index < -0.39 is 15.4 Å². The molecule has 0 fully saturated rings. The molecule has 0 atom stereocenters. The Labute approximate surface area is 112 Å². The zero-order valence-electron chi connectivity index (χ0n) is 11.4. The van der Waals surface area contributed by atoms with E-state index in [0.717, 1.165) is 0 Å². The third-order valence-corrected chi connectivity index (χ3v) is 4.14. The number of hydrogen-bond donors (Lipinski definition) is 3. The Kier molecular flexibility index (Phi) is 4.21. The average molecular weight is 289 g/mol. The number of imidazole rings is 1. The van der Waals surface area contributed by atoms with Crippen LogP contribution >= 0.6 is 0 Å². The molecular weight excluding hydrogens is 270 g/mol. The van der Waals surface area contributed by atoms with Gasteiger partial charge in [-0.1, -0.05) is 19.0 Å². The number of hydrogen-bond acceptors (Lipinski definition) is 5. The van der Waals surface area contributed by atoms with Crippen molar-refractivity contribution in [3.05, 3.63) is 12.0 Å². The molecule has 0 aliphatic rings. The molecule has 1 aromatic rings. The normalized spacial score (nSPS) is 13.8. The Morgan fingerprint density at radius 3 is 2.63 bits per heavy atom.